The molecule has 2 N–H and O–H groups in total. The van der Waals surface area contributed by atoms with Crippen LogP contribution >= 0.6 is 35.6 Å². The van der Waals surface area contributed by atoms with Crippen molar-refractivity contribution in [3.63, 3.8) is 0 Å². The fraction of sp³-hybridized carbons (Fsp3) is 0.600. The predicted octanol–water partition coefficient (Wildman–Crippen LogP) is 3.04. The fourth-order valence-electron chi connectivity index (χ4n) is 3.61. The van der Waals surface area contributed by atoms with Crippen LogP contribution in [0.2, 0.25) is 5.02 Å². The first-order valence-electron chi connectivity index (χ1n) is 9.85. The maximum Gasteiger partial charge on any atom is 0.220 e. The number of rotatable bonds is 4. The molecule has 1 amide bonds. The van der Waals surface area contributed by atoms with Crippen LogP contribution in [-0.2, 0) is 11.3 Å². The van der Waals surface area contributed by atoms with Gasteiger partial charge in [0, 0.05) is 46.6 Å². The summed E-state index contributed by atoms with van der Waals surface area (Å²) in [5.74, 6) is 2.75. The third-order valence-corrected chi connectivity index (χ3v) is 5.47. The SMILES string of the molecule is CN=C(NCc1cc(Cl)c2c(c1)OCCCO2)N1CCC(CC(=O)NC)CC1.I. The molecule has 0 aromatic heterocycles. The van der Waals surface area contributed by atoms with Crippen LogP contribution in [0, 0.1) is 5.92 Å². The van der Waals surface area contributed by atoms with E-state index >= 15 is 0 Å². The molecular formula is C20H30ClIN4O3. The first-order chi connectivity index (χ1) is 13.6. The Morgan fingerprint density at radius 2 is 2.00 bits per heavy atom. The lowest BCUT2D eigenvalue weighted by atomic mass is 9.93. The number of fused-ring (bicyclic) bond motifs is 1. The third kappa shape index (κ3) is 6.53. The molecule has 0 unspecified atom stereocenters. The molecule has 0 saturated carbocycles. The molecule has 1 aromatic rings. The summed E-state index contributed by atoms with van der Waals surface area (Å²) in [5.41, 5.74) is 1.02. The van der Waals surface area contributed by atoms with E-state index in [-0.39, 0.29) is 29.9 Å². The largest absolute Gasteiger partial charge is 0.489 e. The molecule has 0 bridgehead atoms. The molecule has 0 atom stereocenters. The van der Waals surface area contributed by atoms with E-state index in [0.29, 0.717) is 48.6 Å². The van der Waals surface area contributed by atoms with Crippen LogP contribution in [0.15, 0.2) is 17.1 Å². The van der Waals surface area contributed by atoms with E-state index in [9.17, 15) is 4.79 Å². The average Bonchev–Trinajstić information content (AvgIpc) is 2.95. The van der Waals surface area contributed by atoms with Crippen molar-refractivity contribution < 1.29 is 14.3 Å². The van der Waals surface area contributed by atoms with E-state index in [1.54, 1.807) is 14.1 Å². The number of carbonyl (C=O) groups is 1. The zero-order chi connectivity index (χ0) is 19.9. The molecule has 2 aliphatic rings. The quantitative estimate of drug-likeness (QED) is 0.352. The normalized spacial score (nSPS) is 17.2. The average molecular weight is 537 g/mol. The molecule has 162 valence electrons. The molecule has 9 heteroatoms. The molecule has 2 aliphatic heterocycles. The number of carbonyl (C=O) groups excluding carboxylic acids is 1. The summed E-state index contributed by atoms with van der Waals surface area (Å²) in [5, 5.41) is 6.69. The number of piperidine rings is 1. The lowest BCUT2D eigenvalue weighted by Gasteiger charge is -2.34. The van der Waals surface area contributed by atoms with E-state index in [1.165, 1.54) is 0 Å². The Bertz CT molecular complexity index is 724. The highest BCUT2D eigenvalue weighted by molar-refractivity contribution is 14.0. The molecule has 1 fully saturated rings. The van der Waals surface area contributed by atoms with Crippen molar-refractivity contribution in [1.82, 2.24) is 15.5 Å². The van der Waals surface area contributed by atoms with Gasteiger partial charge in [0.2, 0.25) is 5.91 Å². The Balaban J connectivity index is 0.00000300. The number of nitrogens with zero attached hydrogens (tertiary/aromatic N) is 2. The van der Waals surface area contributed by atoms with Crippen LogP contribution < -0.4 is 20.1 Å². The van der Waals surface area contributed by atoms with Gasteiger partial charge in [0.05, 0.1) is 18.2 Å². The van der Waals surface area contributed by atoms with Gasteiger partial charge in [0.15, 0.2) is 17.5 Å². The number of guanidine groups is 1. The second-order valence-corrected chi connectivity index (χ2v) is 7.57. The summed E-state index contributed by atoms with van der Waals surface area (Å²) in [6.07, 6.45) is 3.43. The molecule has 1 saturated heterocycles. The summed E-state index contributed by atoms with van der Waals surface area (Å²) in [6.45, 7) is 3.63. The van der Waals surface area contributed by atoms with Gasteiger partial charge in [0.1, 0.15) is 0 Å². The number of ether oxygens (including phenoxy) is 2. The lowest BCUT2D eigenvalue weighted by molar-refractivity contribution is -0.121. The van der Waals surface area contributed by atoms with Gasteiger partial charge in [-0.25, -0.2) is 0 Å². The van der Waals surface area contributed by atoms with E-state index in [2.05, 4.69) is 20.5 Å². The van der Waals surface area contributed by atoms with Gasteiger partial charge in [-0.2, -0.15) is 0 Å². The van der Waals surface area contributed by atoms with E-state index < -0.39 is 0 Å². The maximum atomic E-state index is 11.6. The molecule has 0 spiro atoms. The number of benzene rings is 1. The van der Waals surface area contributed by atoms with Crippen molar-refractivity contribution in [2.24, 2.45) is 10.9 Å². The highest BCUT2D eigenvalue weighted by Gasteiger charge is 2.23. The van der Waals surface area contributed by atoms with Crippen molar-refractivity contribution in [3.8, 4) is 11.5 Å². The van der Waals surface area contributed by atoms with Crippen LogP contribution in [0.5, 0.6) is 11.5 Å². The zero-order valence-corrected chi connectivity index (χ0v) is 20.1. The molecule has 1 aromatic carbocycles. The Morgan fingerprint density at radius 1 is 1.28 bits per heavy atom. The zero-order valence-electron chi connectivity index (χ0n) is 17.0. The highest BCUT2D eigenvalue weighted by Crippen LogP contribution is 2.38. The maximum absolute atomic E-state index is 11.6. The predicted molar refractivity (Wildman–Crippen MR) is 126 cm³/mol. The second kappa shape index (κ2) is 11.7. The van der Waals surface area contributed by atoms with E-state index in [0.717, 1.165) is 43.9 Å². The molecule has 29 heavy (non-hydrogen) atoms. The minimum absolute atomic E-state index is 0. The Morgan fingerprint density at radius 3 is 2.69 bits per heavy atom. The van der Waals surface area contributed by atoms with Gasteiger partial charge in [-0.3, -0.25) is 9.79 Å². The minimum Gasteiger partial charge on any atom is -0.489 e. The van der Waals surface area contributed by atoms with Gasteiger partial charge in [0.25, 0.3) is 0 Å². The van der Waals surface area contributed by atoms with Gasteiger partial charge in [-0.1, -0.05) is 11.6 Å². The number of amides is 1. The van der Waals surface area contributed by atoms with E-state index in [4.69, 9.17) is 21.1 Å². The van der Waals surface area contributed by atoms with Crippen molar-refractivity contribution in [3.05, 3.63) is 22.7 Å². The Hall–Kier alpha value is -1.42. The first kappa shape index (κ1) is 23.9. The summed E-state index contributed by atoms with van der Waals surface area (Å²) in [4.78, 5) is 18.2. The van der Waals surface area contributed by atoms with Crippen molar-refractivity contribution in [2.75, 3.05) is 40.4 Å². The molecular weight excluding hydrogens is 507 g/mol. The van der Waals surface area contributed by atoms with Crippen LogP contribution in [0.25, 0.3) is 0 Å². The number of likely N-dealkylation sites (tertiary alicyclic amines) is 1. The second-order valence-electron chi connectivity index (χ2n) is 7.16. The van der Waals surface area contributed by atoms with E-state index in [1.807, 2.05) is 12.1 Å². The molecule has 3 rings (SSSR count). The van der Waals surface area contributed by atoms with Crippen LogP contribution in [0.3, 0.4) is 0 Å². The van der Waals surface area contributed by atoms with Crippen molar-refractivity contribution in [2.45, 2.75) is 32.2 Å². The smallest absolute Gasteiger partial charge is 0.220 e. The minimum atomic E-state index is 0. The first-order valence-corrected chi connectivity index (χ1v) is 10.2. The monoisotopic (exact) mass is 536 g/mol. The number of hydrogen-bond donors (Lipinski definition) is 2. The van der Waals surface area contributed by atoms with Crippen LogP contribution in [0.4, 0.5) is 0 Å². The van der Waals surface area contributed by atoms with Gasteiger partial charge < -0.3 is 25.0 Å². The lowest BCUT2D eigenvalue weighted by Crippen LogP contribution is -2.45. The van der Waals surface area contributed by atoms with Gasteiger partial charge >= 0.3 is 0 Å². The molecule has 0 radical (unpaired) electrons. The van der Waals surface area contributed by atoms with Crippen LogP contribution in [0.1, 0.15) is 31.2 Å². The van der Waals surface area contributed by atoms with Crippen molar-refractivity contribution >= 4 is 47.4 Å². The van der Waals surface area contributed by atoms with Gasteiger partial charge in [-0.15, -0.1) is 24.0 Å². The fourth-order valence-corrected chi connectivity index (χ4v) is 3.90. The molecule has 0 aliphatic carbocycles. The highest BCUT2D eigenvalue weighted by atomic mass is 127. The Kier molecular flexibility index (Phi) is 9.61. The van der Waals surface area contributed by atoms with Crippen molar-refractivity contribution in [1.29, 1.82) is 0 Å². The number of aliphatic imine (C=N–C) groups is 1. The summed E-state index contributed by atoms with van der Waals surface area (Å²) in [6, 6.07) is 3.88. The van der Waals surface area contributed by atoms with Crippen LogP contribution in [-0.4, -0.2) is 57.2 Å². The Labute approximate surface area is 194 Å². The summed E-state index contributed by atoms with van der Waals surface area (Å²) >= 11 is 6.38. The number of halogens is 2. The standard InChI is InChI=1S/C20H29ClN4O3.HI/c1-22-18(26)12-14-4-6-25(7-5-14)20(23-2)24-13-15-10-16(21)19-17(11-15)27-8-3-9-28-19;/h10-11,14H,3-9,12-13H2,1-2H3,(H,22,26)(H,23,24);1H. The number of nitrogens with one attached hydrogen (secondary N) is 2. The molecule has 2 heterocycles. The summed E-state index contributed by atoms with van der Waals surface area (Å²) in [7, 11) is 3.48. The summed E-state index contributed by atoms with van der Waals surface area (Å²) < 4.78 is 11.4. The number of hydrogen-bond acceptors (Lipinski definition) is 4. The van der Waals surface area contributed by atoms with Gasteiger partial charge in [-0.05, 0) is 36.5 Å². The molecule has 7 nitrogen and oxygen atoms in total. The topological polar surface area (TPSA) is 75.2 Å². The third-order valence-electron chi connectivity index (χ3n) is 5.19.